The molecule has 2 aliphatic heterocycles. The van der Waals surface area contributed by atoms with Crippen molar-refractivity contribution in [2.75, 3.05) is 38.1 Å². The molecular formula is C24H25ClFN5O3. The average molecular weight is 486 g/mol. The standard InChI is InChI=1S/C24H25ClFN5O3/c25-18-10-21-24(29-22(32)14-34-21)28-19(18)12-27-11-15-5-6-30(13-15)7-8-31-20-9-17(26)3-1-16(20)2-4-23(31)33/h1-4,9-10,15,27H,5-8,11-14H2,(H,28,29,32)/t15-/m1/s1. The summed E-state index contributed by atoms with van der Waals surface area (Å²) in [5, 5.41) is 7.45. The molecule has 1 aromatic carbocycles. The van der Waals surface area contributed by atoms with Crippen LogP contribution in [0, 0.1) is 11.7 Å². The minimum absolute atomic E-state index is 0.0349. The molecular weight excluding hydrogens is 461 g/mol. The summed E-state index contributed by atoms with van der Waals surface area (Å²) in [6.45, 7) is 4.35. The van der Waals surface area contributed by atoms with E-state index in [9.17, 15) is 14.0 Å². The minimum atomic E-state index is -0.345. The number of benzene rings is 1. The van der Waals surface area contributed by atoms with Crippen molar-refractivity contribution in [3.8, 4) is 5.75 Å². The Labute approximate surface area is 200 Å². The Balaban J connectivity index is 1.14. The predicted molar refractivity (Wildman–Crippen MR) is 128 cm³/mol. The van der Waals surface area contributed by atoms with Crippen molar-refractivity contribution in [3.63, 3.8) is 0 Å². The van der Waals surface area contributed by atoms with Gasteiger partial charge in [-0.15, -0.1) is 0 Å². The molecule has 178 valence electrons. The third-order valence-electron chi connectivity index (χ3n) is 6.32. The molecule has 0 bridgehead atoms. The second kappa shape index (κ2) is 9.69. The highest BCUT2D eigenvalue weighted by Gasteiger charge is 2.23. The summed E-state index contributed by atoms with van der Waals surface area (Å²) in [5.41, 5.74) is 1.16. The quantitative estimate of drug-likeness (QED) is 0.535. The Morgan fingerprint density at radius 1 is 1.21 bits per heavy atom. The molecule has 2 N–H and O–H groups in total. The fraction of sp³-hybridized carbons (Fsp3) is 0.375. The van der Waals surface area contributed by atoms with Crippen molar-refractivity contribution in [2.24, 2.45) is 5.92 Å². The topological polar surface area (TPSA) is 88.5 Å². The van der Waals surface area contributed by atoms with Gasteiger partial charge < -0.3 is 24.8 Å². The maximum atomic E-state index is 13.7. The second-order valence-corrected chi connectivity index (χ2v) is 9.12. The summed E-state index contributed by atoms with van der Waals surface area (Å²) in [4.78, 5) is 30.7. The van der Waals surface area contributed by atoms with Gasteiger partial charge in [0.1, 0.15) is 5.82 Å². The first kappa shape index (κ1) is 22.8. The van der Waals surface area contributed by atoms with Crippen LogP contribution < -0.4 is 20.9 Å². The molecule has 0 unspecified atom stereocenters. The largest absolute Gasteiger partial charge is 0.480 e. The number of hydrogen-bond donors (Lipinski definition) is 2. The third-order valence-corrected chi connectivity index (χ3v) is 6.65. The molecule has 1 saturated heterocycles. The van der Waals surface area contributed by atoms with Gasteiger partial charge in [-0.1, -0.05) is 11.6 Å². The molecule has 34 heavy (non-hydrogen) atoms. The Hall–Kier alpha value is -3.01. The highest BCUT2D eigenvalue weighted by molar-refractivity contribution is 6.31. The minimum Gasteiger partial charge on any atom is -0.480 e. The number of nitrogens with zero attached hydrogens (tertiary/aromatic N) is 3. The van der Waals surface area contributed by atoms with E-state index in [-0.39, 0.29) is 23.9 Å². The van der Waals surface area contributed by atoms with E-state index in [0.29, 0.717) is 46.8 Å². The van der Waals surface area contributed by atoms with Gasteiger partial charge in [-0.25, -0.2) is 9.37 Å². The van der Waals surface area contributed by atoms with Crippen molar-refractivity contribution >= 4 is 34.2 Å². The molecule has 5 rings (SSSR count). The van der Waals surface area contributed by atoms with Crippen molar-refractivity contribution in [1.82, 2.24) is 19.8 Å². The van der Waals surface area contributed by atoms with Gasteiger partial charge in [-0.05, 0) is 55.1 Å². The maximum Gasteiger partial charge on any atom is 0.263 e. The number of halogens is 2. The Kier molecular flexibility index (Phi) is 6.49. The molecule has 3 aromatic rings. The fourth-order valence-electron chi connectivity index (χ4n) is 4.56. The third kappa shape index (κ3) is 4.91. The Morgan fingerprint density at radius 2 is 2.06 bits per heavy atom. The van der Waals surface area contributed by atoms with E-state index in [1.807, 2.05) is 0 Å². The number of hydrogen-bond acceptors (Lipinski definition) is 6. The van der Waals surface area contributed by atoms with Crippen LogP contribution in [0.5, 0.6) is 5.75 Å². The lowest BCUT2D eigenvalue weighted by atomic mass is 10.1. The van der Waals surface area contributed by atoms with Crippen molar-refractivity contribution in [3.05, 3.63) is 63.3 Å². The van der Waals surface area contributed by atoms with Gasteiger partial charge >= 0.3 is 0 Å². The number of nitrogens with one attached hydrogen (secondary N) is 2. The number of aromatic nitrogens is 2. The number of rotatable bonds is 7. The lowest BCUT2D eigenvalue weighted by Crippen LogP contribution is -2.31. The highest BCUT2D eigenvalue weighted by Crippen LogP contribution is 2.30. The van der Waals surface area contributed by atoms with Crippen molar-refractivity contribution in [1.29, 1.82) is 0 Å². The van der Waals surface area contributed by atoms with Crippen LogP contribution in [0.25, 0.3) is 10.9 Å². The first-order valence-corrected chi connectivity index (χ1v) is 11.7. The van der Waals surface area contributed by atoms with Gasteiger partial charge in [0, 0.05) is 38.3 Å². The predicted octanol–water partition coefficient (Wildman–Crippen LogP) is 2.63. The summed E-state index contributed by atoms with van der Waals surface area (Å²) in [6.07, 6.45) is 1.04. The van der Waals surface area contributed by atoms with Crippen LogP contribution in [-0.4, -0.2) is 53.1 Å². The maximum absolute atomic E-state index is 13.7. The van der Waals surface area contributed by atoms with Gasteiger partial charge in [0.15, 0.2) is 18.2 Å². The molecule has 2 aliphatic rings. The SMILES string of the molecule is O=C1COc2cc(Cl)c(CNC[C@H]3CCN(CCn4c(=O)ccc5ccc(F)cc54)C3)nc2N1. The summed E-state index contributed by atoms with van der Waals surface area (Å²) in [7, 11) is 0. The monoisotopic (exact) mass is 485 g/mol. The van der Waals surface area contributed by atoms with E-state index in [4.69, 9.17) is 16.3 Å². The lowest BCUT2D eigenvalue weighted by Gasteiger charge is -2.19. The number of pyridine rings is 2. The van der Waals surface area contributed by atoms with E-state index in [1.54, 1.807) is 22.8 Å². The number of ether oxygens (including phenoxy) is 1. The summed E-state index contributed by atoms with van der Waals surface area (Å²) >= 11 is 6.32. The Morgan fingerprint density at radius 3 is 2.94 bits per heavy atom. The molecule has 1 fully saturated rings. The van der Waals surface area contributed by atoms with E-state index in [2.05, 4.69) is 20.5 Å². The average Bonchev–Trinajstić information content (AvgIpc) is 3.26. The normalized spacial score (nSPS) is 18.1. The van der Waals surface area contributed by atoms with Gasteiger partial charge in [-0.2, -0.15) is 0 Å². The molecule has 1 amide bonds. The zero-order valence-corrected chi connectivity index (χ0v) is 19.3. The number of amides is 1. The fourth-order valence-corrected chi connectivity index (χ4v) is 4.76. The highest BCUT2D eigenvalue weighted by atomic mass is 35.5. The number of carbonyl (C=O) groups excluding carboxylic acids is 1. The van der Waals surface area contributed by atoms with Crippen LogP contribution in [0.1, 0.15) is 12.1 Å². The van der Waals surface area contributed by atoms with Gasteiger partial charge in [-0.3, -0.25) is 9.59 Å². The zero-order chi connectivity index (χ0) is 23.7. The molecule has 1 atom stereocenters. The van der Waals surface area contributed by atoms with Gasteiger partial charge in [0.05, 0.1) is 16.2 Å². The molecule has 10 heteroatoms. The van der Waals surface area contributed by atoms with Crippen LogP contribution in [0.15, 0.2) is 41.2 Å². The van der Waals surface area contributed by atoms with E-state index >= 15 is 0 Å². The van der Waals surface area contributed by atoms with Crippen molar-refractivity contribution < 1.29 is 13.9 Å². The van der Waals surface area contributed by atoms with Gasteiger partial charge in [0.25, 0.3) is 11.5 Å². The smallest absolute Gasteiger partial charge is 0.263 e. The van der Waals surface area contributed by atoms with E-state index in [0.717, 1.165) is 38.0 Å². The summed E-state index contributed by atoms with van der Waals surface area (Å²) < 4.78 is 20.7. The Bertz CT molecular complexity index is 1300. The molecule has 0 radical (unpaired) electrons. The summed E-state index contributed by atoms with van der Waals surface area (Å²) in [6, 6.07) is 9.47. The molecule has 4 heterocycles. The van der Waals surface area contributed by atoms with Crippen LogP contribution in [0.2, 0.25) is 5.02 Å². The van der Waals surface area contributed by atoms with Crippen LogP contribution in [-0.2, 0) is 17.9 Å². The molecule has 0 aliphatic carbocycles. The van der Waals surface area contributed by atoms with Gasteiger partial charge in [0.2, 0.25) is 0 Å². The van der Waals surface area contributed by atoms with Crippen LogP contribution in [0.4, 0.5) is 10.2 Å². The molecule has 0 spiro atoms. The van der Waals surface area contributed by atoms with Crippen LogP contribution >= 0.6 is 11.6 Å². The first-order chi connectivity index (χ1) is 16.5. The molecule has 0 saturated carbocycles. The summed E-state index contributed by atoms with van der Waals surface area (Å²) in [5.74, 6) is 0.757. The number of anilines is 1. The van der Waals surface area contributed by atoms with Crippen LogP contribution in [0.3, 0.4) is 0 Å². The first-order valence-electron chi connectivity index (χ1n) is 11.3. The van der Waals surface area contributed by atoms with E-state index in [1.165, 1.54) is 18.2 Å². The molecule has 2 aromatic heterocycles. The van der Waals surface area contributed by atoms with Crippen molar-refractivity contribution in [2.45, 2.75) is 19.5 Å². The lowest BCUT2D eigenvalue weighted by molar-refractivity contribution is -0.118. The number of fused-ring (bicyclic) bond motifs is 2. The van der Waals surface area contributed by atoms with E-state index < -0.39 is 0 Å². The zero-order valence-electron chi connectivity index (χ0n) is 18.5. The second-order valence-electron chi connectivity index (χ2n) is 8.71. The number of likely N-dealkylation sites (tertiary alicyclic amines) is 1. The molecule has 8 nitrogen and oxygen atoms in total. The number of carbonyl (C=O) groups is 1.